The molecule has 9 nitrogen and oxygen atoms in total. The molecule has 0 atom stereocenters. The number of aryl methyl sites for hydroxylation is 1. The molecule has 5 aromatic rings. The van der Waals surface area contributed by atoms with E-state index in [9.17, 15) is 13.2 Å². The summed E-state index contributed by atoms with van der Waals surface area (Å²) in [5, 5.41) is 5.22. The number of carbonyl (C=O) groups excluding carboxylic acids is 1. The van der Waals surface area contributed by atoms with Crippen molar-refractivity contribution >= 4 is 32.6 Å². The molecule has 0 aliphatic heterocycles. The Balaban J connectivity index is 1.72. The monoisotopic (exact) mass is 446 g/mol. The van der Waals surface area contributed by atoms with Crippen LogP contribution in [-0.4, -0.2) is 38.5 Å². The highest BCUT2D eigenvalue weighted by molar-refractivity contribution is 7.90. The van der Waals surface area contributed by atoms with Gasteiger partial charge in [0.1, 0.15) is 12.2 Å². The summed E-state index contributed by atoms with van der Waals surface area (Å²) in [5.41, 5.74) is 4.00. The van der Waals surface area contributed by atoms with Crippen LogP contribution in [0.1, 0.15) is 12.7 Å². The third kappa shape index (κ3) is 3.30. The van der Waals surface area contributed by atoms with Crippen LogP contribution in [0.2, 0.25) is 0 Å². The molecule has 0 unspecified atom stereocenters. The van der Waals surface area contributed by atoms with E-state index < -0.39 is 15.9 Å². The van der Waals surface area contributed by atoms with Crippen LogP contribution in [0.4, 0.5) is 0 Å². The Labute approximate surface area is 183 Å². The minimum Gasteiger partial charge on any atom is -0.301 e. The van der Waals surface area contributed by atoms with E-state index in [0.29, 0.717) is 22.8 Å². The zero-order valence-electron chi connectivity index (χ0n) is 17.2. The molecule has 3 aromatic heterocycles. The highest BCUT2D eigenvalue weighted by Crippen LogP contribution is 2.34. The Morgan fingerprint density at radius 3 is 2.41 bits per heavy atom. The van der Waals surface area contributed by atoms with Gasteiger partial charge in [0.15, 0.2) is 11.3 Å². The van der Waals surface area contributed by atoms with Crippen LogP contribution in [0.25, 0.3) is 33.5 Å². The molecule has 0 radical (unpaired) electrons. The Bertz CT molecular complexity index is 1590. The molecule has 0 saturated heterocycles. The van der Waals surface area contributed by atoms with Crippen molar-refractivity contribution in [1.29, 1.82) is 0 Å². The number of sulfonamides is 1. The number of fused-ring (bicyclic) bond motifs is 3. The predicted molar refractivity (Wildman–Crippen MR) is 119 cm³/mol. The van der Waals surface area contributed by atoms with Crippen molar-refractivity contribution in [2.75, 3.05) is 0 Å². The molecule has 1 amide bonds. The van der Waals surface area contributed by atoms with E-state index in [-0.39, 0.29) is 4.90 Å². The Morgan fingerprint density at radius 2 is 1.72 bits per heavy atom. The van der Waals surface area contributed by atoms with Crippen LogP contribution < -0.4 is 4.72 Å². The molecular weight excluding hydrogens is 428 g/mol. The second-order valence-electron chi connectivity index (χ2n) is 7.30. The average Bonchev–Trinajstić information content (AvgIpc) is 3.33. The molecule has 5 rings (SSSR count). The number of hydrogen-bond acceptors (Lipinski definition) is 6. The number of nitrogens with one attached hydrogen (secondary N) is 1. The largest absolute Gasteiger partial charge is 0.301 e. The number of carbonyl (C=O) groups is 1. The summed E-state index contributed by atoms with van der Waals surface area (Å²) in [5.74, 6) is -0.00612. The zero-order valence-corrected chi connectivity index (χ0v) is 18.0. The second kappa shape index (κ2) is 7.27. The van der Waals surface area contributed by atoms with Gasteiger partial charge in [0, 0.05) is 24.4 Å². The van der Waals surface area contributed by atoms with Crippen molar-refractivity contribution in [2.45, 2.75) is 18.7 Å². The van der Waals surface area contributed by atoms with Crippen molar-refractivity contribution in [3.05, 3.63) is 72.9 Å². The maximum atomic E-state index is 12.3. The van der Waals surface area contributed by atoms with Gasteiger partial charge in [-0.2, -0.15) is 5.10 Å². The summed E-state index contributed by atoms with van der Waals surface area (Å²) in [6.45, 7) is 2.98. The maximum absolute atomic E-state index is 12.3. The summed E-state index contributed by atoms with van der Waals surface area (Å²) in [7, 11) is -3.91. The van der Waals surface area contributed by atoms with Gasteiger partial charge in [0.2, 0.25) is 5.91 Å². The molecule has 0 aliphatic carbocycles. The van der Waals surface area contributed by atoms with Gasteiger partial charge in [-0.15, -0.1) is 0 Å². The minimum atomic E-state index is -3.91. The average molecular weight is 446 g/mol. The molecule has 10 heteroatoms. The lowest BCUT2D eigenvalue weighted by molar-refractivity contribution is -0.117. The van der Waals surface area contributed by atoms with E-state index in [2.05, 4.69) is 15.1 Å². The fraction of sp³-hybridized carbons (Fsp3) is 0.0909. The van der Waals surface area contributed by atoms with E-state index in [0.717, 1.165) is 23.4 Å². The SMILES string of the molecule is CC(=O)NS(=O)(=O)c1ccc(-n2cc(-c3ccccc3)c3c2ncn2nc(C)nc32)cc1. The number of aromatic nitrogens is 5. The van der Waals surface area contributed by atoms with Crippen LogP contribution in [0.15, 0.2) is 72.0 Å². The number of amides is 1. The topological polar surface area (TPSA) is 111 Å². The van der Waals surface area contributed by atoms with Gasteiger partial charge in [0.05, 0.1) is 10.3 Å². The lowest BCUT2D eigenvalue weighted by Gasteiger charge is -2.08. The smallest absolute Gasteiger partial charge is 0.264 e. The molecular formula is C22H18N6O3S. The van der Waals surface area contributed by atoms with E-state index in [1.807, 2.05) is 52.7 Å². The molecule has 3 heterocycles. The van der Waals surface area contributed by atoms with Gasteiger partial charge >= 0.3 is 0 Å². The van der Waals surface area contributed by atoms with E-state index in [1.54, 1.807) is 23.0 Å². The first-order chi connectivity index (χ1) is 15.3. The second-order valence-corrected chi connectivity index (χ2v) is 8.99. The highest BCUT2D eigenvalue weighted by Gasteiger charge is 2.19. The van der Waals surface area contributed by atoms with Gasteiger partial charge in [-0.05, 0) is 36.8 Å². The molecule has 2 aromatic carbocycles. The molecule has 0 spiro atoms. The molecule has 32 heavy (non-hydrogen) atoms. The first-order valence-corrected chi connectivity index (χ1v) is 11.2. The molecule has 0 bridgehead atoms. The Morgan fingerprint density at radius 1 is 1.00 bits per heavy atom. The number of nitrogens with zero attached hydrogens (tertiary/aromatic N) is 5. The standard InChI is InChI=1S/C22H18N6O3S/c1-14-24-22-20-19(16-6-4-3-5-7-16)12-27(21(20)23-13-28(22)25-14)17-8-10-18(11-9-17)32(30,31)26-15(2)29/h3-13H,1-2H3,(H,26,29). The number of hydrogen-bond donors (Lipinski definition) is 1. The van der Waals surface area contributed by atoms with Crippen LogP contribution in [0.3, 0.4) is 0 Å². The normalized spacial score (nSPS) is 11.8. The molecule has 1 N–H and O–H groups in total. The predicted octanol–water partition coefficient (Wildman–Crippen LogP) is 2.87. The zero-order chi connectivity index (χ0) is 22.5. The van der Waals surface area contributed by atoms with Gasteiger partial charge in [0.25, 0.3) is 10.0 Å². The Hall–Kier alpha value is -4.05. The van der Waals surface area contributed by atoms with Crippen LogP contribution in [-0.2, 0) is 14.8 Å². The van der Waals surface area contributed by atoms with Crippen LogP contribution >= 0.6 is 0 Å². The third-order valence-electron chi connectivity index (χ3n) is 5.02. The van der Waals surface area contributed by atoms with Gasteiger partial charge in [-0.1, -0.05) is 30.3 Å². The van der Waals surface area contributed by atoms with Crippen LogP contribution in [0.5, 0.6) is 0 Å². The summed E-state index contributed by atoms with van der Waals surface area (Å²) in [6.07, 6.45) is 3.56. The van der Waals surface area contributed by atoms with Crippen molar-refractivity contribution in [1.82, 2.24) is 28.9 Å². The third-order valence-corrected chi connectivity index (χ3v) is 6.47. The summed E-state index contributed by atoms with van der Waals surface area (Å²) >= 11 is 0. The van der Waals surface area contributed by atoms with Gasteiger partial charge < -0.3 is 4.57 Å². The first-order valence-electron chi connectivity index (χ1n) is 9.76. The highest BCUT2D eigenvalue weighted by atomic mass is 32.2. The molecule has 0 saturated carbocycles. The van der Waals surface area contributed by atoms with Crippen molar-refractivity contribution in [3.8, 4) is 16.8 Å². The quantitative estimate of drug-likeness (QED) is 0.454. The maximum Gasteiger partial charge on any atom is 0.264 e. The molecule has 0 fully saturated rings. The van der Waals surface area contributed by atoms with Crippen molar-refractivity contribution in [2.24, 2.45) is 0 Å². The van der Waals surface area contributed by atoms with E-state index >= 15 is 0 Å². The van der Waals surface area contributed by atoms with Crippen LogP contribution in [0, 0.1) is 6.92 Å². The fourth-order valence-electron chi connectivity index (χ4n) is 3.70. The summed E-state index contributed by atoms with van der Waals surface area (Å²) < 4.78 is 30.0. The summed E-state index contributed by atoms with van der Waals surface area (Å²) in [6, 6.07) is 16.1. The van der Waals surface area contributed by atoms with Crippen molar-refractivity contribution in [3.63, 3.8) is 0 Å². The molecule has 0 aliphatic rings. The molecule has 160 valence electrons. The minimum absolute atomic E-state index is 0.000347. The van der Waals surface area contributed by atoms with Gasteiger partial charge in [-0.3, -0.25) is 4.79 Å². The summed E-state index contributed by atoms with van der Waals surface area (Å²) in [4.78, 5) is 20.4. The van der Waals surface area contributed by atoms with E-state index in [4.69, 9.17) is 0 Å². The first kappa shape index (κ1) is 19.9. The number of benzene rings is 2. The Kier molecular flexibility index (Phi) is 4.52. The lowest BCUT2D eigenvalue weighted by Crippen LogP contribution is -2.28. The fourth-order valence-corrected chi connectivity index (χ4v) is 4.69. The van der Waals surface area contributed by atoms with Gasteiger partial charge in [-0.25, -0.2) is 27.6 Å². The van der Waals surface area contributed by atoms with E-state index in [1.165, 1.54) is 12.1 Å². The lowest BCUT2D eigenvalue weighted by atomic mass is 10.1. The number of rotatable bonds is 4. The van der Waals surface area contributed by atoms with Crippen molar-refractivity contribution < 1.29 is 13.2 Å².